The van der Waals surface area contributed by atoms with Crippen LogP contribution in [0.2, 0.25) is 0 Å². The van der Waals surface area contributed by atoms with Crippen LogP contribution in [-0.4, -0.2) is 20.1 Å². The average molecular weight is 192 g/mol. The van der Waals surface area contributed by atoms with Crippen molar-refractivity contribution in [2.24, 2.45) is 0 Å². The van der Waals surface area contributed by atoms with Crippen molar-refractivity contribution in [3.63, 3.8) is 0 Å². The first-order chi connectivity index (χ1) is 5.54. The van der Waals surface area contributed by atoms with Crippen LogP contribution in [0.4, 0.5) is 0 Å². The fraction of sp³-hybridized carbons (Fsp3) is 0.571. The lowest BCUT2D eigenvalue weighted by molar-refractivity contribution is -0.108. The summed E-state index contributed by atoms with van der Waals surface area (Å²) in [5.41, 5.74) is 0. The molecule has 5 heteroatoms. The minimum Gasteiger partial charge on any atom is -0.274 e. The summed E-state index contributed by atoms with van der Waals surface area (Å²) >= 11 is 0. The highest BCUT2D eigenvalue weighted by molar-refractivity contribution is 8.02. The summed E-state index contributed by atoms with van der Waals surface area (Å²) in [5, 5.41) is -1.08. The lowest BCUT2D eigenvalue weighted by Gasteiger charge is -1.99. The second kappa shape index (κ2) is 5.05. The van der Waals surface area contributed by atoms with Crippen molar-refractivity contribution >= 4 is 15.2 Å². The van der Waals surface area contributed by atoms with E-state index in [0.29, 0.717) is 6.42 Å². The highest BCUT2D eigenvalue weighted by atomic mass is 32.2. The van der Waals surface area contributed by atoms with Gasteiger partial charge in [0.15, 0.2) is 0 Å². The van der Waals surface area contributed by atoms with Gasteiger partial charge in [0.2, 0.25) is 0 Å². The van der Waals surface area contributed by atoms with Gasteiger partial charge >= 0.3 is 10.1 Å². The number of rotatable bonds is 5. The molecule has 0 fully saturated rings. The van der Waals surface area contributed by atoms with Crippen LogP contribution in [0.1, 0.15) is 19.8 Å². The van der Waals surface area contributed by atoms with Crippen molar-refractivity contribution in [3.8, 4) is 0 Å². The lowest BCUT2D eigenvalue weighted by Crippen LogP contribution is -2.15. The Kier molecular flexibility index (Phi) is 4.77. The molecule has 0 N–H and O–H groups in total. The third-order valence-electron chi connectivity index (χ3n) is 1.15. The Hall–Kier alpha value is -0.680. The molecule has 0 unspecified atom stereocenters. The van der Waals surface area contributed by atoms with Crippen molar-refractivity contribution in [3.05, 3.63) is 12.7 Å². The SMILES string of the molecule is C=CC(=O)S(=O)(=O)OCCCC. The molecule has 4 nitrogen and oxygen atoms in total. The van der Waals surface area contributed by atoms with Crippen molar-refractivity contribution in [1.82, 2.24) is 0 Å². The van der Waals surface area contributed by atoms with Crippen molar-refractivity contribution < 1.29 is 17.4 Å². The van der Waals surface area contributed by atoms with Crippen LogP contribution in [0.3, 0.4) is 0 Å². The normalized spacial score (nSPS) is 11.1. The van der Waals surface area contributed by atoms with Gasteiger partial charge in [0, 0.05) is 0 Å². The summed E-state index contributed by atoms with van der Waals surface area (Å²) in [6.07, 6.45) is 2.16. The molecule has 0 spiro atoms. The molecule has 0 aliphatic carbocycles. The molecule has 0 rings (SSSR count). The van der Waals surface area contributed by atoms with Gasteiger partial charge < -0.3 is 0 Å². The maximum atomic E-state index is 10.8. The molecule has 70 valence electrons. The molecule has 0 atom stereocenters. The molecule has 0 radical (unpaired) electrons. The summed E-state index contributed by atoms with van der Waals surface area (Å²) in [5.74, 6) is 0. The van der Waals surface area contributed by atoms with E-state index in [1.165, 1.54) is 0 Å². The highest BCUT2D eigenvalue weighted by Crippen LogP contribution is 1.98. The Bertz CT molecular complexity index is 253. The second-order valence-corrected chi connectivity index (χ2v) is 3.70. The summed E-state index contributed by atoms with van der Waals surface area (Å²) in [4.78, 5) is 10.6. The third kappa shape index (κ3) is 3.64. The quantitative estimate of drug-likeness (QED) is 0.368. The Morgan fingerprint density at radius 3 is 2.58 bits per heavy atom. The van der Waals surface area contributed by atoms with Gasteiger partial charge in [0.25, 0.3) is 5.12 Å². The molecule has 0 heterocycles. The third-order valence-corrected chi connectivity index (χ3v) is 2.29. The molecule has 12 heavy (non-hydrogen) atoms. The Morgan fingerprint density at radius 2 is 2.17 bits per heavy atom. The van der Waals surface area contributed by atoms with Crippen LogP contribution in [0, 0.1) is 0 Å². The Balaban J connectivity index is 4.06. The molecule has 0 bridgehead atoms. The molecule has 0 saturated carbocycles. The summed E-state index contributed by atoms with van der Waals surface area (Å²) in [6, 6.07) is 0. The zero-order valence-electron chi connectivity index (χ0n) is 6.95. The number of carbonyl (C=O) groups excluding carboxylic acids is 1. The molecule has 0 aliphatic heterocycles. The van der Waals surface area contributed by atoms with E-state index in [-0.39, 0.29) is 6.61 Å². The van der Waals surface area contributed by atoms with E-state index < -0.39 is 15.2 Å². The monoisotopic (exact) mass is 192 g/mol. The van der Waals surface area contributed by atoms with Gasteiger partial charge in [-0.25, -0.2) is 0 Å². The predicted octanol–water partition coefficient (Wildman–Crippen LogP) is 0.846. The second-order valence-electron chi connectivity index (χ2n) is 2.15. The zero-order valence-corrected chi connectivity index (χ0v) is 7.76. The van der Waals surface area contributed by atoms with Crippen LogP contribution >= 0.6 is 0 Å². The molecule has 0 aromatic carbocycles. The minimum absolute atomic E-state index is 0.0540. The zero-order chi connectivity index (χ0) is 9.61. The van der Waals surface area contributed by atoms with Crippen molar-refractivity contribution in [2.45, 2.75) is 19.8 Å². The van der Waals surface area contributed by atoms with E-state index in [1.807, 2.05) is 6.92 Å². The smallest absolute Gasteiger partial charge is 0.274 e. The van der Waals surface area contributed by atoms with Crippen LogP contribution < -0.4 is 0 Å². The first-order valence-electron chi connectivity index (χ1n) is 3.60. The van der Waals surface area contributed by atoms with Gasteiger partial charge in [-0.3, -0.25) is 8.98 Å². The fourth-order valence-electron chi connectivity index (χ4n) is 0.473. The van der Waals surface area contributed by atoms with Crippen LogP contribution in [0.15, 0.2) is 12.7 Å². The number of hydrogen-bond donors (Lipinski definition) is 0. The predicted molar refractivity (Wildman–Crippen MR) is 45.0 cm³/mol. The molecular weight excluding hydrogens is 180 g/mol. The van der Waals surface area contributed by atoms with E-state index in [2.05, 4.69) is 10.8 Å². The van der Waals surface area contributed by atoms with Crippen LogP contribution in [-0.2, 0) is 19.1 Å². The molecular formula is C7H12O4S. The van der Waals surface area contributed by atoms with Crippen LogP contribution in [0.25, 0.3) is 0 Å². The van der Waals surface area contributed by atoms with Gasteiger partial charge in [0.05, 0.1) is 6.61 Å². The van der Waals surface area contributed by atoms with Gasteiger partial charge in [0.1, 0.15) is 0 Å². The van der Waals surface area contributed by atoms with Gasteiger partial charge in [-0.1, -0.05) is 19.9 Å². The van der Waals surface area contributed by atoms with Crippen molar-refractivity contribution in [1.29, 1.82) is 0 Å². The highest BCUT2D eigenvalue weighted by Gasteiger charge is 2.18. The number of carbonyl (C=O) groups is 1. The lowest BCUT2D eigenvalue weighted by atomic mass is 10.4. The standard InChI is InChI=1S/C7H12O4S/c1-3-5-6-11-12(9,10)7(8)4-2/h4H,2-3,5-6H2,1H3. The maximum Gasteiger partial charge on any atom is 0.335 e. The fourth-order valence-corrected chi connectivity index (χ4v) is 1.13. The molecule has 0 aliphatic rings. The summed E-state index contributed by atoms with van der Waals surface area (Å²) < 4.78 is 26.0. The first kappa shape index (κ1) is 11.3. The first-order valence-corrected chi connectivity index (χ1v) is 5.01. The molecule has 0 aromatic heterocycles. The summed E-state index contributed by atoms with van der Waals surface area (Å²) in [6.45, 7) is 4.99. The van der Waals surface area contributed by atoms with E-state index in [4.69, 9.17) is 0 Å². The molecule has 0 saturated heterocycles. The van der Waals surface area contributed by atoms with E-state index in [9.17, 15) is 13.2 Å². The van der Waals surface area contributed by atoms with E-state index in [1.54, 1.807) is 0 Å². The summed E-state index contributed by atoms with van der Waals surface area (Å²) in [7, 11) is -4.04. The largest absolute Gasteiger partial charge is 0.335 e. The maximum absolute atomic E-state index is 10.8. The number of hydrogen-bond acceptors (Lipinski definition) is 4. The van der Waals surface area contributed by atoms with E-state index in [0.717, 1.165) is 12.5 Å². The van der Waals surface area contributed by atoms with Crippen LogP contribution in [0.5, 0.6) is 0 Å². The van der Waals surface area contributed by atoms with Crippen molar-refractivity contribution in [2.75, 3.05) is 6.61 Å². The van der Waals surface area contributed by atoms with Gasteiger partial charge in [-0.15, -0.1) is 0 Å². The Morgan fingerprint density at radius 1 is 1.58 bits per heavy atom. The molecule has 0 amide bonds. The van der Waals surface area contributed by atoms with E-state index >= 15 is 0 Å². The van der Waals surface area contributed by atoms with Gasteiger partial charge in [-0.05, 0) is 12.5 Å². The average Bonchev–Trinajstić information content (AvgIpc) is 2.03. The Labute approximate surface area is 72.3 Å². The van der Waals surface area contributed by atoms with Gasteiger partial charge in [-0.2, -0.15) is 8.42 Å². The number of unbranched alkanes of at least 4 members (excludes halogenated alkanes) is 1. The molecule has 0 aromatic rings. The topological polar surface area (TPSA) is 60.4 Å². The minimum atomic E-state index is -4.04.